The number of halogens is 2. The summed E-state index contributed by atoms with van der Waals surface area (Å²) in [5, 5.41) is 3.32. The number of carbonyl (C=O) groups is 1. The van der Waals surface area contributed by atoms with E-state index in [0.717, 1.165) is 17.7 Å². The van der Waals surface area contributed by atoms with E-state index in [2.05, 4.69) is 10.0 Å². The molecular weight excluding hydrogens is 391 g/mol. The van der Waals surface area contributed by atoms with Crippen molar-refractivity contribution < 1.29 is 17.6 Å². The molecule has 2 N–H and O–H groups in total. The van der Waals surface area contributed by atoms with Crippen molar-refractivity contribution in [1.29, 1.82) is 0 Å². The van der Waals surface area contributed by atoms with Gasteiger partial charge in [0.2, 0.25) is 15.9 Å². The van der Waals surface area contributed by atoms with Gasteiger partial charge in [-0.2, -0.15) is 4.72 Å². The summed E-state index contributed by atoms with van der Waals surface area (Å²) in [7, 11) is -4.15. The summed E-state index contributed by atoms with van der Waals surface area (Å²) in [6, 6.07) is 11.2. The maximum atomic E-state index is 13.7. The molecule has 5 nitrogen and oxygen atoms in total. The van der Waals surface area contributed by atoms with Crippen LogP contribution >= 0.6 is 11.6 Å². The zero-order valence-electron chi connectivity index (χ0n) is 15.3. The maximum Gasteiger partial charge on any atom is 0.244 e. The first-order valence-corrected chi connectivity index (χ1v) is 10.2. The first-order chi connectivity index (χ1) is 12.5. The second-order valence-electron chi connectivity index (χ2n) is 6.89. The van der Waals surface area contributed by atoms with Gasteiger partial charge in [-0.15, -0.1) is 0 Å². The molecule has 1 amide bonds. The van der Waals surface area contributed by atoms with Crippen LogP contribution in [0.15, 0.2) is 53.4 Å². The molecule has 146 valence electrons. The van der Waals surface area contributed by atoms with E-state index >= 15 is 0 Å². The van der Waals surface area contributed by atoms with Crippen LogP contribution in [-0.2, 0) is 20.2 Å². The quantitative estimate of drug-likeness (QED) is 0.733. The van der Waals surface area contributed by atoms with Gasteiger partial charge in [-0.25, -0.2) is 12.8 Å². The Labute approximate surface area is 164 Å². The van der Waals surface area contributed by atoms with E-state index in [-0.39, 0.29) is 6.54 Å². The molecule has 0 aromatic heterocycles. The van der Waals surface area contributed by atoms with E-state index in [1.807, 2.05) is 32.0 Å². The lowest BCUT2D eigenvalue weighted by Gasteiger charge is -2.26. The number of carbonyl (C=O) groups excluding carboxylic acids is 1. The van der Waals surface area contributed by atoms with Crippen molar-refractivity contribution >= 4 is 27.5 Å². The minimum Gasteiger partial charge on any atom is -0.354 e. The van der Waals surface area contributed by atoms with Gasteiger partial charge >= 0.3 is 0 Å². The molecule has 1 atom stereocenters. The Morgan fingerprint density at radius 2 is 1.85 bits per heavy atom. The number of nitrogens with one attached hydrogen (secondary N) is 2. The van der Waals surface area contributed by atoms with Crippen LogP contribution in [0.2, 0.25) is 5.02 Å². The monoisotopic (exact) mass is 412 g/mol. The average Bonchev–Trinajstić information content (AvgIpc) is 2.59. The van der Waals surface area contributed by atoms with Crippen LogP contribution in [0.1, 0.15) is 26.3 Å². The molecule has 0 bridgehead atoms. The molecule has 0 aliphatic rings. The molecule has 0 unspecified atom stereocenters. The third-order valence-corrected chi connectivity index (χ3v) is 5.97. The molecule has 0 saturated carbocycles. The first-order valence-electron chi connectivity index (χ1n) is 8.33. The molecule has 27 heavy (non-hydrogen) atoms. The molecule has 8 heteroatoms. The molecular formula is C19H22ClFN2O3S. The zero-order valence-corrected chi connectivity index (χ0v) is 16.9. The fourth-order valence-corrected chi connectivity index (χ4v) is 3.96. The van der Waals surface area contributed by atoms with Gasteiger partial charge in [0.25, 0.3) is 0 Å². The van der Waals surface area contributed by atoms with Crippen molar-refractivity contribution in [3.8, 4) is 0 Å². The molecule has 0 aliphatic carbocycles. The van der Waals surface area contributed by atoms with Crippen LogP contribution in [0.25, 0.3) is 0 Å². The number of benzene rings is 2. The second kappa shape index (κ2) is 8.37. The smallest absolute Gasteiger partial charge is 0.244 e. The van der Waals surface area contributed by atoms with E-state index < -0.39 is 38.1 Å². The largest absolute Gasteiger partial charge is 0.354 e. The van der Waals surface area contributed by atoms with Gasteiger partial charge in [0.1, 0.15) is 10.7 Å². The highest BCUT2D eigenvalue weighted by atomic mass is 35.5. The third kappa shape index (κ3) is 5.51. The Bertz CT molecular complexity index is 932. The minimum atomic E-state index is -4.15. The van der Waals surface area contributed by atoms with Crippen LogP contribution in [-0.4, -0.2) is 26.9 Å². The first kappa shape index (κ1) is 21.3. The van der Waals surface area contributed by atoms with Gasteiger partial charge in [0.15, 0.2) is 0 Å². The van der Waals surface area contributed by atoms with Crippen molar-refractivity contribution in [3.05, 3.63) is 64.9 Å². The SMILES string of the molecule is C[C@H](NS(=O)(=O)c1ccccc1F)C(=O)NCC(C)(C)c1cccc(Cl)c1. The lowest BCUT2D eigenvalue weighted by molar-refractivity contribution is -0.122. The zero-order chi connectivity index (χ0) is 20.2. The van der Waals surface area contributed by atoms with E-state index in [0.29, 0.717) is 5.02 Å². The molecule has 0 radical (unpaired) electrons. The standard InChI is InChI=1S/C19H22ClFN2O3S/c1-13(23-27(25,26)17-10-5-4-9-16(17)21)18(24)22-12-19(2,3)14-7-6-8-15(20)11-14/h4-11,13,23H,12H2,1-3H3,(H,22,24)/t13-/m0/s1. The van der Waals surface area contributed by atoms with Crippen molar-refractivity contribution in [3.63, 3.8) is 0 Å². The number of rotatable bonds is 7. The van der Waals surface area contributed by atoms with Gasteiger partial charge in [-0.05, 0) is 36.8 Å². The van der Waals surface area contributed by atoms with Gasteiger partial charge in [0, 0.05) is 17.0 Å². The van der Waals surface area contributed by atoms with Crippen LogP contribution in [0.5, 0.6) is 0 Å². The molecule has 0 heterocycles. The lowest BCUT2D eigenvalue weighted by atomic mass is 9.84. The molecule has 0 fully saturated rings. The van der Waals surface area contributed by atoms with Gasteiger partial charge in [0.05, 0.1) is 6.04 Å². The van der Waals surface area contributed by atoms with Crippen molar-refractivity contribution in [1.82, 2.24) is 10.0 Å². The van der Waals surface area contributed by atoms with E-state index in [1.165, 1.54) is 19.1 Å². The van der Waals surface area contributed by atoms with E-state index in [4.69, 9.17) is 11.6 Å². The third-order valence-electron chi connectivity index (χ3n) is 4.16. The predicted octanol–water partition coefficient (Wildman–Crippen LogP) is 3.24. The summed E-state index contributed by atoms with van der Waals surface area (Å²) in [5.41, 5.74) is 0.528. The molecule has 2 aromatic rings. The highest BCUT2D eigenvalue weighted by Crippen LogP contribution is 2.24. The molecule has 0 spiro atoms. The summed E-state index contributed by atoms with van der Waals surface area (Å²) in [4.78, 5) is 11.8. The van der Waals surface area contributed by atoms with Crippen LogP contribution in [0.3, 0.4) is 0 Å². The Hall–Kier alpha value is -1.96. The number of hydrogen-bond donors (Lipinski definition) is 2. The highest BCUT2D eigenvalue weighted by molar-refractivity contribution is 7.89. The normalized spacial score (nSPS) is 13.2. The Balaban J connectivity index is 2.02. The van der Waals surface area contributed by atoms with Gasteiger partial charge in [-0.3, -0.25) is 4.79 Å². The fraction of sp³-hybridized carbons (Fsp3) is 0.316. The maximum absolute atomic E-state index is 13.7. The van der Waals surface area contributed by atoms with Crippen LogP contribution < -0.4 is 10.0 Å². The summed E-state index contributed by atoms with van der Waals surface area (Å²) in [6.07, 6.45) is 0. The molecule has 2 rings (SSSR count). The Morgan fingerprint density at radius 3 is 2.48 bits per heavy atom. The summed E-state index contributed by atoms with van der Waals surface area (Å²) in [5.74, 6) is -1.38. The summed E-state index contributed by atoms with van der Waals surface area (Å²) < 4.78 is 40.5. The Morgan fingerprint density at radius 1 is 1.19 bits per heavy atom. The van der Waals surface area contributed by atoms with Gasteiger partial charge < -0.3 is 5.32 Å². The minimum absolute atomic E-state index is 0.276. The lowest BCUT2D eigenvalue weighted by Crippen LogP contribution is -2.47. The van der Waals surface area contributed by atoms with Crippen molar-refractivity contribution in [2.75, 3.05) is 6.54 Å². The second-order valence-corrected chi connectivity index (χ2v) is 9.00. The predicted molar refractivity (Wildman–Crippen MR) is 104 cm³/mol. The van der Waals surface area contributed by atoms with Crippen molar-refractivity contribution in [2.24, 2.45) is 0 Å². The van der Waals surface area contributed by atoms with Crippen molar-refractivity contribution in [2.45, 2.75) is 37.1 Å². The van der Waals surface area contributed by atoms with Crippen LogP contribution in [0, 0.1) is 5.82 Å². The Kier molecular flexibility index (Phi) is 6.62. The number of amides is 1. The van der Waals surface area contributed by atoms with Crippen LogP contribution in [0.4, 0.5) is 4.39 Å². The number of hydrogen-bond acceptors (Lipinski definition) is 3. The summed E-state index contributed by atoms with van der Waals surface area (Å²) >= 11 is 6.01. The molecule has 2 aromatic carbocycles. The van der Waals surface area contributed by atoms with E-state index in [9.17, 15) is 17.6 Å². The average molecular weight is 413 g/mol. The van der Waals surface area contributed by atoms with Gasteiger partial charge in [-0.1, -0.05) is 49.7 Å². The van der Waals surface area contributed by atoms with E-state index in [1.54, 1.807) is 6.07 Å². The topological polar surface area (TPSA) is 75.3 Å². The number of sulfonamides is 1. The molecule has 0 saturated heterocycles. The highest BCUT2D eigenvalue weighted by Gasteiger charge is 2.27. The molecule has 0 aliphatic heterocycles. The fourth-order valence-electron chi connectivity index (χ4n) is 2.49. The summed E-state index contributed by atoms with van der Waals surface area (Å²) in [6.45, 7) is 5.55.